The zero-order valence-corrected chi connectivity index (χ0v) is 9.41. The van der Waals surface area contributed by atoms with Crippen LogP contribution >= 0.6 is 0 Å². The minimum Gasteiger partial charge on any atom is -0.477 e. The van der Waals surface area contributed by atoms with Crippen molar-refractivity contribution in [3.63, 3.8) is 0 Å². The number of hydrogen-bond acceptors (Lipinski definition) is 4. The first-order valence-electron chi connectivity index (χ1n) is 4.93. The van der Waals surface area contributed by atoms with Crippen LogP contribution in [-0.4, -0.2) is 25.8 Å². The van der Waals surface area contributed by atoms with Gasteiger partial charge in [0.2, 0.25) is 5.88 Å². The van der Waals surface area contributed by atoms with Gasteiger partial charge in [0.05, 0.1) is 12.4 Å². The first-order chi connectivity index (χ1) is 8.08. The molecule has 0 bridgehead atoms. The van der Waals surface area contributed by atoms with Gasteiger partial charge in [-0.25, -0.2) is 9.78 Å². The molecule has 1 N–H and O–H groups in total. The summed E-state index contributed by atoms with van der Waals surface area (Å²) in [7, 11) is 1.74. The molecule has 0 saturated heterocycles. The lowest BCUT2D eigenvalue weighted by atomic mass is 10.1. The van der Waals surface area contributed by atoms with Gasteiger partial charge in [0, 0.05) is 13.2 Å². The van der Waals surface area contributed by atoms with Crippen LogP contribution in [0.3, 0.4) is 0 Å². The average molecular weight is 233 g/mol. The third-order valence-corrected chi connectivity index (χ3v) is 2.23. The number of aromatic nitrogens is 3. The van der Waals surface area contributed by atoms with E-state index in [2.05, 4.69) is 10.1 Å². The van der Waals surface area contributed by atoms with Crippen LogP contribution in [0.5, 0.6) is 11.6 Å². The van der Waals surface area contributed by atoms with Gasteiger partial charge in [-0.3, -0.25) is 4.68 Å². The molecule has 0 aliphatic carbocycles. The lowest BCUT2D eigenvalue weighted by molar-refractivity contribution is 0.0692. The number of carboxylic acids is 1. The van der Waals surface area contributed by atoms with Crippen LogP contribution in [0.25, 0.3) is 0 Å². The summed E-state index contributed by atoms with van der Waals surface area (Å²) in [6, 6.07) is 1.62. The van der Waals surface area contributed by atoms with Crippen LogP contribution in [0, 0.1) is 6.92 Å². The Kier molecular flexibility index (Phi) is 2.78. The van der Waals surface area contributed by atoms with Gasteiger partial charge in [0.1, 0.15) is 5.56 Å². The van der Waals surface area contributed by atoms with Crippen molar-refractivity contribution in [2.45, 2.75) is 6.92 Å². The maximum atomic E-state index is 11.1. The summed E-state index contributed by atoms with van der Waals surface area (Å²) in [6.07, 6.45) is 4.64. The van der Waals surface area contributed by atoms with Gasteiger partial charge in [0.25, 0.3) is 0 Å². The Labute approximate surface area is 97.5 Å². The van der Waals surface area contributed by atoms with Crippen LogP contribution in [0.2, 0.25) is 0 Å². The molecule has 0 radical (unpaired) electrons. The Morgan fingerprint density at radius 1 is 1.53 bits per heavy atom. The van der Waals surface area contributed by atoms with Crippen LogP contribution in [0.1, 0.15) is 15.9 Å². The zero-order chi connectivity index (χ0) is 12.4. The first-order valence-corrected chi connectivity index (χ1v) is 4.93. The highest BCUT2D eigenvalue weighted by Crippen LogP contribution is 2.24. The van der Waals surface area contributed by atoms with E-state index < -0.39 is 5.97 Å². The predicted octanol–water partition coefficient (Wildman–Crippen LogP) is 1.61. The Morgan fingerprint density at radius 2 is 2.29 bits per heavy atom. The number of aryl methyl sites for hydroxylation is 2. The van der Waals surface area contributed by atoms with E-state index in [0.717, 1.165) is 0 Å². The largest absolute Gasteiger partial charge is 0.477 e. The van der Waals surface area contributed by atoms with Crippen molar-refractivity contribution >= 4 is 5.97 Å². The number of pyridine rings is 1. The number of rotatable bonds is 3. The highest BCUT2D eigenvalue weighted by molar-refractivity contribution is 5.91. The van der Waals surface area contributed by atoms with Crippen LogP contribution < -0.4 is 4.74 Å². The minimum absolute atomic E-state index is 0.0661. The summed E-state index contributed by atoms with van der Waals surface area (Å²) in [5.74, 6) is -0.534. The SMILES string of the molecule is Cc1ccnc(Oc2cnn(C)c2)c1C(=O)O. The molecule has 0 atom stereocenters. The summed E-state index contributed by atoms with van der Waals surface area (Å²) >= 11 is 0. The molecular weight excluding hydrogens is 222 g/mol. The fourth-order valence-corrected chi connectivity index (χ4v) is 1.43. The number of carboxylic acid groups (broad SMARTS) is 1. The van der Waals surface area contributed by atoms with E-state index in [4.69, 9.17) is 9.84 Å². The molecule has 0 aromatic carbocycles. The Bertz CT molecular complexity index is 563. The molecule has 0 aliphatic heterocycles. The lowest BCUT2D eigenvalue weighted by Crippen LogP contribution is -2.04. The molecule has 2 heterocycles. The molecule has 0 unspecified atom stereocenters. The van der Waals surface area contributed by atoms with Gasteiger partial charge in [-0.2, -0.15) is 5.10 Å². The fourth-order valence-electron chi connectivity index (χ4n) is 1.43. The molecule has 6 heteroatoms. The second-order valence-corrected chi connectivity index (χ2v) is 3.56. The van der Waals surface area contributed by atoms with Crippen molar-refractivity contribution in [3.8, 4) is 11.6 Å². The maximum Gasteiger partial charge on any atom is 0.341 e. The fraction of sp³-hybridized carbons (Fsp3) is 0.182. The van der Waals surface area contributed by atoms with Gasteiger partial charge in [-0.05, 0) is 18.6 Å². The maximum absolute atomic E-state index is 11.1. The molecule has 0 saturated carbocycles. The summed E-state index contributed by atoms with van der Waals surface area (Å²) in [5, 5.41) is 13.0. The predicted molar refractivity (Wildman–Crippen MR) is 59.2 cm³/mol. The van der Waals surface area contributed by atoms with Gasteiger partial charge >= 0.3 is 5.97 Å². The third-order valence-electron chi connectivity index (χ3n) is 2.23. The summed E-state index contributed by atoms with van der Waals surface area (Å²) in [6.45, 7) is 1.70. The van der Waals surface area contributed by atoms with E-state index in [1.165, 1.54) is 12.4 Å². The van der Waals surface area contributed by atoms with E-state index in [0.29, 0.717) is 11.3 Å². The third kappa shape index (κ3) is 2.25. The molecule has 0 amide bonds. The van der Waals surface area contributed by atoms with Gasteiger partial charge in [-0.1, -0.05) is 0 Å². The molecule has 2 aromatic heterocycles. The summed E-state index contributed by atoms with van der Waals surface area (Å²) in [5.41, 5.74) is 0.669. The standard InChI is InChI=1S/C11H11N3O3/c1-7-3-4-12-10(9(7)11(15)16)17-8-5-13-14(2)6-8/h3-6H,1-2H3,(H,15,16). The van der Waals surface area contributed by atoms with E-state index in [1.807, 2.05) is 0 Å². The highest BCUT2D eigenvalue weighted by atomic mass is 16.5. The molecule has 2 aromatic rings. The van der Waals surface area contributed by atoms with Crippen molar-refractivity contribution in [1.82, 2.24) is 14.8 Å². The van der Waals surface area contributed by atoms with E-state index in [-0.39, 0.29) is 11.4 Å². The van der Waals surface area contributed by atoms with Crippen molar-refractivity contribution in [1.29, 1.82) is 0 Å². The average Bonchev–Trinajstić information content (AvgIpc) is 2.63. The topological polar surface area (TPSA) is 77.2 Å². The van der Waals surface area contributed by atoms with Gasteiger partial charge < -0.3 is 9.84 Å². The molecule has 2 rings (SSSR count). The Morgan fingerprint density at radius 3 is 2.88 bits per heavy atom. The molecule has 88 valence electrons. The second kappa shape index (κ2) is 4.25. The molecule has 0 fully saturated rings. The van der Waals surface area contributed by atoms with Crippen molar-refractivity contribution in [3.05, 3.63) is 35.8 Å². The van der Waals surface area contributed by atoms with Crippen molar-refractivity contribution < 1.29 is 14.6 Å². The number of aromatic carboxylic acids is 1. The lowest BCUT2D eigenvalue weighted by Gasteiger charge is -2.07. The normalized spacial score (nSPS) is 10.2. The molecular formula is C11H11N3O3. The van der Waals surface area contributed by atoms with Gasteiger partial charge in [-0.15, -0.1) is 0 Å². The molecule has 0 aliphatic rings. The van der Waals surface area contributed by atoms with Crippen LogP contribution in [0.15, 0.2) is 24.7 Å². The zero-order valence-electron chi connectivity index (χ0n) is 9.41. The molecule has 6 nitrogen and oxygen atoms in total. The quantitative estimate of drug-likeness (QED) is 0.871. The van der Waals surface area contributed by atoms with Crippen molar-refractivity contribution in [2.75, 3.05) is 0 Å². The van der Waals surface area contributed by atoms with Crippen molar-refractivity contribution in [2.24, 2.45) is 7.05 Å². The summed E-state index contributed by atoms with van der Waals surface area (Å²) < 4.78 is 6.96. The van der Waals surface area contributed by atoms with E-state index in [9.17, 15) is 4.79 Å². The van der Waals surface area contributed by atoms with Crippen LogP contribution in [0.4, 0.5) is 0 Å². The molecule has 0 spiro atoms. The Hall–Kier alpha value is -2.37. The monoisotopic (exact) mass is 233 g/mol. The van der Waals surface area contributed by atoms with Crippen LogP contribution in [-0.2, 0) is 7.05 Å². The smallest absolute Gasteiger partial charge is 0.341 e. The Balaban J connectivity index is 2.39. The second-order valence-electron chi connectivity index (χ2n) is 3.56. The number of nitrogens with zero attached hydrogens (tertiary/aromatic N) is 3. The first kappa shape index (κ1) is 11.1. The summed E-state index contributed by atoms with van der Waals surface area (Å²) in [4.78, 5) is 15.0. The van der Waals surface area contributed by atoms with E-state index in [1.54, 1.807) is 30.9 Å². The number of hydrogen-bond donors (Lipinski definition) is 1. The van der Waals surface area contributed by atoms with Gasteiger partial charge in [0.15, 0.2) is 5.75 Å². The van der Waals surface area contributed by atoms with E-state index >= 15 is 0 Å². The number of carbonyl (C=O) groups is 1. The highest BCUT2D eigenvalue weighted by Gasteiger charge is 2.16. The molecule has 17 heavy (non-hydrogen) atoms. The number of ether oxygens (including phenoxy) is 1. The minimum atomic E-state index is -1.06.